The first-order chi connectivity index (χ1) is 12.6. The van der Waals surface area contributed by atoms with E-state index in [0.29, 0.717) is 22.8 Å². The summed E-state index contributed by atoms with van der Waals surface area (Å²) in [6.07, 6.45) is 4.88. The molecule has 4 rings (SSSR count). The summed E-state index contributed by atoms with van der Waals surface area (Å²) in [7, 11) is -1.97. The lowest BCUT2D eigenvalue weighted by molar-refractivity contribution is 0.240. The lowest BCUT2D eigenvalue weighted by atomic mass is 9.92. The standard InChI is InChI=1S/C20H23NO4S/c1-24-19-8-4-7-16-11-17(13-25-20(16)19)21-26(22,23)18-10-9-14-5-2-3-6-15(14)12-18/h4,7-10,12,17,21H,2-3,5-6,11,13H2,1H3/t17-/m0/s1. The van der Waals surface area contributed by atoms with Gasteiger partial charge in [-0.1, -0.05) is 18.2 Å². The van der Waals surface area contributed by atoms with E-state index in [2.05, 4.69) is 4.72 Å². The largest absolute Gasteiger partial charge is 0.493 e. The van der Waals surface area contributed by atoms with Gasteiger partial charge in [-0.05, 0) is 67.0 Å². The van der Waals surface area contributed by atoms with Crippen molar-refractivity contribution in [2.75, 3.05) is 13.7 Å². The SMILES string of the molecule is COc1cccc2c1OC[C@@H](NS(=O)(=O)c1ccc3c(c1)CCCC3)C2. The van der Waals surface area contributed by atoms with Crippen LogP contribution in [0.15, 0.2) is 41.3 Å². The zero-order valence-electron chi connectivity index (χ0n) is 14.8. The van der Waals surface area contributed by atoms with Crippen molar-refractivity contribution in [1.29, 1.82) is 0 Å². The first-order valence-corrected chi connectivity index (χ1v) is 10.5. The van der Waals surface area contributed by atoms with Crippen LogP contribution in [-0.2, 0) is 29.3 Å². The third-order valence-electron chi connectivity index (χ3n) is 5.13. The number of hydrogen-bond acceptors (Lipinski definition) is 4. The molecule has 2 aromatic carbocycles. The van der Waals surface area contributed by atoms with Crippen molar-refractivity contribution < 1.29 is 17.9 Å². The number of ether oxygens (including phenoxy) is 2. The van der Waals surface area contributed by atoms with Gasteiger partial charge in [-0.3, -0.25) is 0 Å². The topological polar surface area (TPSA) is 64.6 Å². The Bertz CT molecular complexity index is 923. The van der Waals surface area contributed by atoms with Gasteiger partial charge in [0.05, 0.1) is 18.0 Å². The van der Waals surface area contributed by atoms with Crippen molar-refractivity contribution in [3.05, 3.63) is 53.1 Å². The molecule has 0 aromatic heterocycles. The Morgan fingerprint density at radius 2 is 1.88 bits per heavy atom. The fourth-order valence-corrected chi connectivity index (χ4v) is 5.07. The fourth-order valence-electron chi connectivity index (χ4n) is 3.80. The van der Waals surface area contributed by atoms with Crippen LogP contribution in [0.1, 0.15) is 29.5 Å². The number of fused-ring (bicyclic) bond motifs is 2. The van der Waals surface area contributed by atoms with Gasteiger partial charge in [-0.25, -0.2) is 13.1 Å². The molecule has 1 aliphatic carbocycles. The van der Waals surface area contributed by atoms with Crippen LogP contribution in [0.4, 0.5) is 0 Å². The van der Waals surface area contributed by atoms with E-state index in [-0.39, 0.29) is 12.6 Å². The maximum Gasteiger partial charge on any atom is 0.240 e. The molecule has 0 amide bonds. The zero-order chi connectivity index (χ0) is 18.1. The summed E-state index contributed by atoms with van der Waals surface area (Å²) in [6.45, 7) is 0.289. The summed E-state index contributed by atoms with van der Waals surface area (Å²) in [5.41, 5.74) is 3.39. The molecule has 0 saturated heterocycles. The highest BCUT2D eigenvalue weighted by atomic mass is 32.2. The van der Waals surface area contributed by atoms with E-state index in [4.69, 9.17) is 9.47 Å². The highest BCUT2D eigenvalue weighted by molar-refractivity contribution is 7.89. The van der Waals surface area contributed by atoms with E-state index in [9.17, 15) is 8.42 Å². The van der Waals surface area contributed by atoms with Gasteiger partial charge in [-0.15, -0.1) is 0 Å². The molecule has 1 N–H and O–H groups in total. The first kappa shape index (κ1) is 17.4. The van der Waals surface area contributed by atoms with Gasteiger partial charge in [-0.2, -0.15) is 0 Å². The van der Waals surface area contributed by atoms with Crippen molar-refractivity contribution in [3.63, 3.8) is 0 Å². The lowest BCUT2D eigenvalue weighted by Gasteiger charge is -2.27. The first-order valence-electron chi connectivity index (χ1n) is 8.99. The number of methoxy groups -OCH3 is 1. The Labute approximate surface area is 154 Å². The molecule has 0 spiro atoms. The van der Waals surface area contributed by atoms with Crippen LogP contribution < -0.4 is 14.2 Å². The smallest absolute Gasteiger partial charge is 0.240 e. The van der Waals surface area contributed by atoms with Crippen LogP contribution in [0, 0.1) is 0 Å². The predicted octanol–water partition coefficient (Wildman–Crippen LogP) is 2.86. The van der Waals surface area contributed by atoms with Crippen molar-refractivity contribution >= 4 is 10.0 Å². The second kappa shape index (κ2) is 6.93. The van der Waals surface area contributed by atoms with Crippen molar-refractivity contribution in [2.24, 2.45) is 0 Å². The van der Waals surface area contributed by atoms with Gasteiger partial charge >= 0.3 is 0 Å². The normalized spacial score (nSPS) is 19.2. The molecule has 1 heterocycles. The summed E-state index contributed by atoms with van der Waals surface area (Å²) in [6, 6.07) is 10.9. The molecule has 0 saturated carbocycles. The highest BCUT2D eigenvalue weighted by Crippen LogP contribution is 2.34. The number of nitrogens with one attached hydrogen (secondary N) is 1. The molecule has 138 valence electrons. The lowest BCUT2D eigenvalue weighted by Crippen LogP contribution is -2.42. The van der Waals surface area contributed by atoms with E-state index in [1.165, 1.54) is 12.0 Å². The molecule has 6 heteroatoms. The van der Waals surface area contributed by atoms with Crippen molar-refractivity contribution in [2.45, 2.75) is 43.0 Å². The molecular weight excluding hydrogens is 350 g/mol. The van der Waals surface area contributed by atoms with E-state index < -0.39 is 10.0 Å². The van der Waals surface area contributed by atoms with Crippen molar-refractivity contribution in [3.8, 4) is 11.5 Å². The summed E-state index contributed by atoms with van der Waals surface area (Å²) < 4.78 is 39.5. The molecule has 1 atom stereocenters. The van der Waals surface area contributed by atoms with Gasteiger partial charge in [0.25, 0.3) is 0 Å². The maximum absolute atomic E-state index is 12.8. The summed E-state index contributed by atoms with van der Waals surface area (Å²) in [5.74, 6) is 1.39. The minimum Gasteiger partial charge on any atom is -0.493 e. The number of benzene rings is 2. The Morgan fingerprint density at radius 3 is 2.69 bits per heavy atom. The Kier molecular flexibility index (Phi) is 4.63. The molecule has 0 fully saturated rings. The van der Waals surface area contributed by atoms with Crippen LogP contribution in [0.5, 0.6) is 11.5 Å². The molecule has 26 heavy (non-hydrogen) atoms. The summed E-state index contributed by atoms with van der Waals surface area (Å²) in [4.78, 5) is 0.342. The number of sulfonamides is 1. The molecule has 2 aromatic rings. The van der Waals surface area contributed by atoms with Crippen LogP contribution in [0.25, 0.3) is 0 Å². The van der Waals surface area contributed by atoms with E-state index in [1.807, 2.05) is 30.3 Å². The van der Waals surface area contributed by atoms with Gasteiger partial charge in [0.15, 0.2) is 11.5 Å². The number of rotatable bonds is 4. The molecule has 5 nitrogen and oxygen atoms in total. The van der Waals surface area contributed by atoms with Gasteiger partial charge < -0.3 is 9.47 Å². The second-order valence-electron chi connectivity index (χ2n) is 6.92. The monoisotopic (exact) mass is 373 g/mol. The average Bonchev–Trinajstić information content (AvgIpc) is 2.66. The maximum atomic E-state index is 12.8. The average molecular weight is 373 g/mol. The number of para-hydroxylation sites is 1. The van der Waals surface area contributed by atoms with Crippen molar-refractivity contribution in [1.82, 2.24) is 4.72 Å². The molecule has 0 bridgehead atoms. The van der Waals surface area contributed by atoms with Crippen LogP contribution in [0.3, 0.4) is 0 Å². The minimum absolute atomic E-state index is 0.289. The molecule has 0 unspecified atom stereocenters. The third kappa shape index (κ3) is 3.31. The quantitative estimate of drug-likeness (QED) is 0.895. The van der Waals surface area contributed by atoms with E-state index in [0.717, 1.165) is 30.4 Å². The predicted molar refractivity (Wildman–Crippen MR) is 99.4 cm³/mol. The summed E-state index contributed by atoms with van der Waals surface area (Å²) in [5, 5.41) is 0. The number of aryl methyl sites for hydroxylation is 2. The highest BCUT2D eigenvalue weighted by Gasteiger charge is 2.27. The Balaban J connectivity index is 1.53. The third-order valence-corrected chi connectivity index (χ3v) is 6.65. The fraction of sp³-hybridized carbons (Fsp3) is 0.400. The number of hydrogen-bond donors (Lipinski definition) is 1. The van der Waals surface area contributed by atoms with Crippen LogP contribution in [0.2, 0.25) is 0 Å². The zero-order valence-corrected chi connectivity index (χ0v) is 15.6. The van der Waals surface area contributed by atoms with Gasteiger partial charge in [0.1, 0.15) is 6.61 Å². The van der Waals surface area contributed by atoms with E-state index in [1.54, 1.807) is 13.2 Å². The Hall–Kier alpha value is -2.05. The molecule has 1 aliphatic heterocycles. The van der Waals surface area contributed by atoms with Crippen LogP contribution >= 0.6 is 0 Å². The van der Waals surface area contributed by atoms with Gasteiger partial charge in [0.2, 0.25) is 10.0 Å². The Morgan fingerprint density at radius 1 is 1.08 bits per heavy atom. The summed E-state index contributed by atoms with van der Waals surface area (Å²) >= 11 is 0. The minimum atomic E-state index is -3.57. The molecular formula is C20H23NO4S. The second-order valence-corrected chi connectivity index (χ2v) is 8.63. The molecule has 0 radical (unpaired) electrons. The van der Waals surface area contributed by atoms with Crippen LogP contribution in [-0.4, -0.2) is 28.2 Å². The molecule has 2 aliphatic rings. The van der Waals surface area contributed by atoms with E-state index >= 15 is 0 Å². The van der Waals surface area contributed by atoms with Gasteiger partial charge in [0, 0.05) is 0 Å².